The van der Waals surface area contributed by atoms with Crippen molar-refractivity contribution in [1.82, 2.24) is 5.32 Å². The van der Waals surface area contributed by atoms with Crippen LogP contribution in [0.2, 0.25) is 0 Å². The lowest BCUT2D eigenvalue weighted by Gasteiger charge is -2.25. The molecule has 3 heteroatoms. The summed E-state index contributed by atoms with van der Waals surface area (Å²) in [5.74, 6) is 1.17. The normalized spacial score (nSPS) is 21.9. The van der Waals surface area contributed by atoms with E-state index in [9.17, 15) is 4.79 Å². The van der Waals surface area contributed by atoms with Gasteiger partial charge >= 0.3 is 0 Å². The SMILES string of the molecule is O=C(NCCC1CC1)C1CNc2ccccc2C1. The number of hydrogen-bond donors (Lipinski definition) is 2. The maximum absolute atomic E-state index is 12.1. The first-order valence-electron chi connectivity index (χ1n) is 6.92. The number of nitrogens with one attached hydrogen (secondary N) is 2. The number of benzene rings is 1. The van der Waals surface area contributed by atoms with Gasteiger partial charge in [-0.25, -0.2) is 0 Å². The average molecular weight is 244 g/mol. The molecule has 3 rings (SSSR count). The second-order valence-corrected chi connectivity index (χ2v) is 5.46. The van der Waals surface area contributed by atoms with Gasteiger partial charge in [0.25, 0.3) is 0 Å². The van der Waals surface area contributed by atoms with Gasteiger partial charge < -0.3 is 10.6 Å². The van der Waals surface area contributed by atoms with E-state index in [0.717, 1.165) is 31.8 Å². The smallest absolute Gasteiger partial charge is 0.225 e. The number of amides is 1. The average Bonchev–Trinajstić information content (AvgIpc) is 3.22. The molecular formula is C15H20N2O. The van der Waals surface area contributed by atoms with Crippen LogP contribution in [0.4, 0.5) is 5.69 Å². The Kier molecular flexibility index (Phi) is 3.22. The summed E-state index contributed by atoms with van der Waals surface area (Å²) < 4.78 is 0. The molecule has 0 aromatic heterocycles. The molecule has 3 nitrogen and oxygen atoms in total. The molecule has 18 heavy (non-hydrogen) atoms. The Bertz CT molecular complexity index is 440. The molecule has 0 saturated heterocycles. The minimum absolute atomic E-state index is 0.0825. The van der Waals surface area contributed by atoms with Gasteiger partial charge in [0.05, 0.1) is 5.92 Å². The Morgan fingerprint density at radius 3 is 3.00 bits per heavy atom. The molecule has 1 fully saturated rings. The molecular weight excluding hydrogens is 224 g/mol. The third-order valence-electron chi connectivity index (χ3n) is 3.94. The maximum atomic E-state index is 12.1. The van der Waals surface area contributed by atoms with E-state index in [4.69, 9.17) is 0 Å². The third kappa shape index (κ3) is 2.66. The van der Waals surface area contributed by atoms with Crippen molar-refractivity contribution in [2.75, 3.05) is 18.4 Å². The predicted octanol–water partition coefficient (Wildman–Crippen LogP) is 2.19. The summed E-state index contributed by atoms with van der Waals surface area (Å²) in [5.41, 5.74) is 2.44. The first kappa shape index (κ1) is 11.6. The second-order valence-electron chi connectivity index (χ2n) is 5.46. The van der Waals surface area contributed by atoms with E-state index in [1.807, 2.05) is 12.1 Å². The first-order valence-corrected chi connectivity index (χ1v) is 6.92. The molecule has 1 saturated carbocycles. The van der Waals surface area contributed by atoms with Crippen LogP contribution < -0.4 is 10.6 Å². The van der Waals surface area contributed by atoms with Crippen LogP contribution in [0, 0.1) is 11.8 Å². The Morgan fingerprint density at radius 1 is 1.33 bits per heavy atom. The quantitative estimate of drug-likeness (QED) is 0.852. The van der Waals surface area contributed by atoms with E-state index in [2.05, 4.69) is 22.8 Å². The van der Waals surface area contributed by atoms with Crippen molar-refractivity contribution in [1.29, 1.82) is 0 Å². The van der Waals surface area contributed by atoms with Crippen LogP contribution in [-0.4, -0.2) is 19.0 Å². The van der Waals surface area contributed by atoms with Crippen LogP contribution in [0.5, 0.6) is 0 Å². The zero-order chi connectivity index (χ0) is 12.4. The minimum Gasteiger partial charge on any atom is -0.384 e. The van der Waals surface area contributed by atoms with Crippen LogP contribution in [0.15, 0.2) is 24.3 Å². The van der Waals surface area contributed by atoms with Crippen LogP contribution in [0.25, 0.3) is 0 Å². The fraction of sp³-hybridized carbons (Fsp3) is 0.533. The van der Waals surface area contributed by atoms with Gasteiger partial charge in [0.2, 0.25) is 5.91 Å². The molecule has 0 spiro atoms. The number of para-hydroxylation sites is 1. The summed E-state index contributed by atoms with van der Waals surface area (Å²) in [6.45, 7) is 1.61. The summed E-state index contributed by atoms with van der Waals surface area (Å²) in [5, 5.41) is 6.42. The van der Waals surface area contributed by atoms with Crippen molar-refractivity contribution in [3.05, 3.63) is 29.8 Å². The molecule has 1 atom stereocenters. The van der Waals surface area contributed by atoms with Gasteiger partial charge in [-0.05, 0) is 30.4 Å². The number of carbonyl (C=O) groups is 1. The summed E-state index contributed by atoms with van der Waals surface area (Å²) in [7, 11) is 0. The Hall–Kier alpha value is -1.51. The summed E-state index contributed by atoms with van der Waals surface area (Å²) in [4.78, 5) is 12.1. The molecule has 1 unspecified atom stereocenters. The maximum Gasteiger partial charge on any atom is 0.225 e. The lowest BCUT2D eigenvalue weighted by Crippen LogP contribution is -2.38. The first-order chi connectivity index (χ1) is 8.83. The molecule has 1 aromatic rings. The van der Waals surface area contributed by atoms with E-state index in [1.54, 1.807) is 0 Å². The van der Waals surface area contributed by atoms with Crippen molar-refractivity contribution >= 4 is 11.6 Å². The third-order valence-corrected chi connectivity index (χ3v) is 3.94. The highest BCUT2D eigenvalue weighted by Gasteiger charge is 2.25. The van der Waals surface area contributed by atoms with Gasteiger partial charge in [-0.15, -0.1) is 0 Å². The van der Waals surface area contributed by atoms with Crippen molar-refractivity contribution in [2.24, 2.45) is 11.8 Å². The summed E-state index contributed by atoms with van der Waals surface area (Å²) >= 11 is 0. The minimum atomic E-state index is 0.0825. The number of hydrogen-bond acceptors (Lipinski definition) is 2. The molecule has 1 aliphatic heterocycles. The largest absolute Gasteiger partial charge is 0.384 e. The molecule has 1 heterocycles. The number of fused-ring (bicyclic) bond motifs is 1. The number of rotatable bonds is 4. The number of anilines is 1. The van der Waals surface area contributed by atoms with Crippen molar-refractivity contribution in [2.45, 2.75) is 25.7 Å². The zero-order valence-corrected chi connectivity index (χ0v) is 10.6. The highest BCUT2D eigenvalue weighted by molar-refractivity contribution is 5.80. The van der Waals surface area contributed by atoms with Crippen LogP contribution in [0.3, 0.4) is 0 Å². The van der Waals surface area contributed by atoms with Gasteiger partial charge in [-0.1, -0.05) is 31.0 Å². The van der Waals surface area contributed by atoms with E-state index in [-0.39, 0.29) is 11.8 Å². The van der Waals surface area contributed by atoms with Gasteiger partial charge in [0.1, 0.15) is 0 Å². The highest BCUT2D eigenvalue weighted by Crippen LogP contribution is 2.31. The summed E-state index contributed by atoms with van der Waals surface area (Å²) in [6, 6.07) is 8.25. The fourth-order valence-corrected chi connectivity index (χ4v) is 2.58. The fourth-order valence-electron chi connectivity index (χ4n) is 2.58. The summed E-state index contributed by atoms with van der Waals surface area (Å²) in [6.07, 6.45) is 4.73. The molecule has 1 aliphatic carbocycles. The Labute approximate surface area is 108 Å². The molecule has 1 aromatic carbocycles. The monoisotopic (exact) mass is 244 g/mol. The molecule has 96 valence electrons. The van der Waals surface area contributed by atoms with Crippen molar-refractivity contribution in [3.63, 3.8) is 0 Å². The molecule has 2 aliphatic rings. The molecule has 1 amide bonds. The Morgan fingerprint density at radius 2 is 2.17 bits per heavy atom. The van der Waals surface area contributed by atoms with Crippen LogP contribution >= 0.6 is 0 Å². The molecule has 0 radical (unpaired) electrons. The van der Waals surface area contributed by atoms with E-state index < -0.39 is 0 Å². The van der Waals surface area contributed by atoms with Gasteiger partial charge in [0.15, 0.2) is 0 Å². The van der Waals surface area contributed by atoms with E-state index in [1.165, 1.54) is 24.1 Å². The molecule has 2 N–H and O–H groups in total. The predicted molar refractivity (Wildman–Crippen MR) is 72.5 cm³/mol. The van der Waals surface area contributed by atoms with Crippen molar-refractivity contribution in [3.8, 4) is 0 Å². The topological polar surface area (TPSA) is 41.1 Å². The standard InChI is InChI=1S/C15H20N2O/c18-15(16-8-7-11-5-6-11)13-9-12-3-1-2-4-14(12)17-10-13/h1-4,11,13,17H,5-10H2,(H,16,18). The second kappa shape index (κ2) is 5.01. The highest BCUT2D eigenvalue weighted by atomic mass is 16.1. The lowest BCUT2D eigenvalue weighted by molar-refractivity contribution is -0.124. The van der Waals surface area contributed by atoms with Gasteiger partial charge in [0, 0.05) is 18.8 Å². The van der Waals surface area contributed by atoms with Crippen LogP contribution in [-0.2, 0) is 11.2 Å². The zero-order valence-electron chi connectivity index (χ0n) is 10.6. The van der Waals surface area contributed by atoms with E-state index >= 15 is 0 Å². The van der Waals surface area contributed by atoms with Crippen molar-refractivity contribution < 1.29 is 4.79 Å². The van der Waals surface area contributed by atoms with E-state index in [0.29, 0.717) is 0 Å². The molecule has 0 bridgehead atoms. The van der Waals surface area contributed by atoms with Crippen LogP contribution in [0.1, 0.15) is 24.8 Å². The lowest BCUT2D eigenvalue weighted by atomic mass is 9.93. The van der Waals surface area contributed by atoms with Gasteiger partial charge in [-0.3, -0.25) is 4.79 Å². The number of carbonyl (C=O) groups excluding carboxylic acids is 1. The van der Waals surface area contributed by atoms with Gasteiger partial charge in [-0.2, -0.15) is 0 Å². The Balaban J connectivity index is 1.52.